The van der Waals surface area contributed by atoms with Gasteiger partial charge in [-0.25, -0.2) is 14.4 Å². The van der Waals surface area contributed by atoms with Gasteiger partial charge in [-0.3, -0.25) is 0 Å². The monoisotopic (exact) mass is 559 g/mol. The summed E-state index contributed by atoms with van der Waals surface area (Å²) in [4.78, 5) is 8.87. The maximum Gasteiger partial charge on any atom is 0.163 e. The molecule has 39 heavy (non-hydrogen) atoms. The minimum atomic E-state index is -0.478. The third kappa shape index (κ3) is 7.89. The van der Waals surface area contributed by atoms with E-state index >= 15 is 0 Å². The molecule has 0 radical (unpaired) electrons. The molecule has 2 unspecified atom stereocenters. The Morgan fingerprint density at radius 2 is 1.59 bits per heavy atom. The van der Waals surface area contributed by atoms with Gasteiger partial charge in [0.2, 0.25) is 0 Å². The Labute approximate surface area is 232 Å². The van der Waals surface area contributed by atoms with E-state index in [1.54, 1.807) is 6.07 Å². The second kappa shape index (κ2) is 14.0. The van der Waals surface area contributed by atoms with Gasteiger partial charge in [0.15, 0.2) is 11.5 Å². The Morgan fingerprint density at radius 1 is 0.923 bits per heavy atom. The van der Waals surface area contributed by atoms with Crippen molar-refractivity contribution < 1.29 is 23.3 Å². The molecular weight excluding hydrogens is 525 g/mol. The van der Waals surface area contributed by atoms with Gasteiger partial charge in [0.05, 0.1) is 50.2 Å². The zero-order valence-corrected chi connectivity index (χ0v) is 22.6. The normalized spacial score (nSPS) is 19.6. The average molecular weight is 560 g/mol. The molecular formula is C28H35ClFN5O4. The number of nitrogens with one attached hydrogen (secondary N) is 3. The zero-order valence-electron chi connectivity index (χ0n) is 21.9. The minimum Gasteiger partial charge on any atom is -0.490 e. The largest absolute Gasteiger partial charge is 0.490 e. The molecule has 9 nitrogen and oxygen atoms in total. The van der Waals surface area contributed by atoms with E-state index in [4.69, 9.17) is 30.5 Å². The first-order chi connectivity index (χ1) is 19.2. The molecule has 2 saturated heterocycles. The summed E-state index contributed by atoms with van der Waals surface area (Å²) in [6.07, 6.45) is 5.16. The lowest BCUT2D eigenvalue weighted by Crippen LogP contribution is -2.41. The Bertz CT molecular complexity index is 1220. The molecule has 2 atom stereocenters. The lowest BCUT2D eigenvalue weighted by atomic mass is 10.1. The molecule has 2 aliphatic rings. The summed E-state index contributed by atoms with van der Waals surface area (Å²) < 4.78 is 37.2. The highest BCUT2D eigenvalue weighted by Crippen LogP contribution is 2.35. The molecule has 0 saturated carbocycles. The van der Waals surface area contributed by atoms with E-state index in [1.807, 2.05) is 12.1 Å². The predicted octanol–water partition coefficient (Wildman–Crippen LogP) is 4.46. The fourth-order valence-corrected chi connectivity index (χ4v) is 4.91. The van der Waals surface area contributed by atoms with Crippen LogP contribution in [0.15, 0.2) is 36.7 Å². The van der Waals surface area contributed by atoms with Crippen LogP contribution in [0.1, 0.15) is 25.7 Å². The Morgan fingerprint density at radius 3 is 2.21 bits per heavy atom. The van der Waals surface area contributed by atoms with E-state index in [-0.39, 0.29) is 5.02 Å². The maximum absolute atomic E-state index is 13.7. The number of aromatic nitrogens is 2. The molecule has 210 valence electrons. The van der Waals surface area contributed by atoms with E-state index in [9.17, 15) is 4.39 Å². The number of benzene rings is 2. The lowest BCUT2D eigenvalue weighted by Gasteiger charge is -2.24. The summed E-state index contributed by atoms with van der Waals surface area (Å²) in [7, 11) is 0. The van der Waals surface area contributed by atoms with Gasteiger partial charge in [-0.1, -0.05) is 11.6 Å². The summed E-state index contributed by atoms with van der Waals surface area (Å²) in [5.74, 6) is 1.36. The number of nitrogens with zero attached hydrogens (tertiary/aromatic N) is 2. The van der Waals surface area contributed by atoms with Crippen LogP contribution in [0.4, 0.5) is 15.9 Å². The highest BCUT2D eigenvalue weighted by Gasteiger charge is 2.16. The van der Waals surface area contributed by atoms with Crippen LogP contribution in [0.25, 0.3) is 10.9 Å². The van der Waals surface area contributed by atoms with E-state index in [0.29, 0.717) is 53.8 Å². The fraction of sp³-hybridized carbons (Fsp3) is 0.500. The van der Waals surface area contributed by atoms with E-state index < -0.39 is 5.82 Å². The summed E-state index contributed by atoms with van der Waals surface area (Å²) in [6, 6.07) is 8.93. The molecule has 0 aliphatic carbocycles. The first-order valence-corrected chi connectivity index (χ1v) is 13.9. The highest BCUT2D eigenvalue weighted by molar-refractivity contribution is 6.31. The maximum atomic E-state index is 13.7. The van der Waals surface area contributed by atoms with Crippen LogP contribution >= 0.6 is 11.6 Å². The van der Waals surface area contributed by atoms with Crippen LogP contribution < -0.4 is 25.4 Å². The highest BCUT2D eigenvalue weighted by atomic mass is 35.5. The van der Waals surface area contributed by atoms with E-state index in [0.717, 1.165) is 70.6 Å². The van der Waals surface area contributed by atoms with Crippen LogP contribution in [0.3, 0.4) is 0 Å². The molecule has 3 N–H and O–H groups in total. The van der Waals surface area contributed by atoms with Gasteiger partial charge >= 0.3 is 0 Å². The van der Waals surface area contributed by atoms with Crippen LogP contribution in [0, 0.1) is 5.82 Å². The van der Waals surface area contributed by atoms with Crippen LogP contribution in [-0.4, -0.2) is 74.8 Å². The Kier molecular flexibility index (Phi) is 10.0. The predicted molar refractivity (Wildman–Crippen MR) is 149 cm³/mol. The SMILES string of the molecule is Fc1ccc(Nc2ncnc3cc(OCCCC4COCCN4)c(OCCCC4COCCN4)cc23)cc1Cl. The van der Waals surface area contributed by atoms with Gasteiger partial charge in [-0.15, -0.1) is 0 Å². The molecule has 2 aliphatic heterocycles. The van der Waals surface area contributed by atoms with Crippen molar-refractivity contribution in [1.82, 2.24) is 20.6 Å². The van der Waals surface area contributed by atoms with Crippen LogP contribution in [0.2, 0.25) is 5.02 Å². The number of fused-ring (bicyclic) bond motifs is 1. The van der Waals surface area contributed by atoms with Crippen molar-refractivity contribution in [2.45, 2.75) is 37.8 Å². The standard InChI is InChI=1S/C28H35ClFN5O4/c29-23-13-19(5-6-24(23)30)35-28-22-14-26(38-9-1-3-20-16-36-11-7-31-20)27(15-25(22)33-18-34-28)39-10-2-4-21-17-37-12-8-32-21/h5-6,13-15,18,20-21,31-32H,1-4,7-12,16-17H2,(H,33,34,35). The average Bonchev–Trinajstić information content (AvgIpc) is 2.97. The van der Waals surface area contributed by atoms with Crippen molar-refractivity contribution >= 4 is 34.0 Å². The quantitative estimate of drug-likeness (QED) is 0.278. The van der Waals surface area contributed by atoms with Gasteiger partial charge in [0.25, 0.3) is 0 Å². The molecule has 2 aromatic carbocycles. The molecule has 1 aromatic heterocycles. The summed E-state index contributed by atoms with van der Waals surface area (Å²) in [5.41, 5.74) is 1.32. The van der Waals surface area contributed by atoms with Crippen LogP contribution in [0.5, 0.6) is 11.5 Å². The lowest BCUT2D eigenvalue weighted by molar-refractivity contribution is 0.0717. The first kappa shape index (κ1) is 27.8. The van der Waals surface area contributed by atoms with Crippen molar-refractivity contribution in [1.29, 1.82) is 0 Å². The number of hydrogen-bond acceptors (Lipinski definition) is 9. The molecule has 2 fully saturated rings. The van der Waals surface area contributed by atoms with Gasteiger partial charge in [0, 0.05) is 42.3 Å². The fourth-order valence-electron chi connectivity index (χ4n) is 4.73. The number of halogens is 2. The summed E-state index contributed by atoms with van der Waals surface area (Å²) in [6.45, 7) is 5.84. The number of anilines is 2. The topological polar surface area (TPSA) is 98.8 Å². The van der Waals surface area contributed by atoms with Gasteiger partial charge in [0.1, 0.15) is 18.0 Å². The second-order valence-corrected chi connectivity index (χ2v) is 10.1. The third-order valence-corrected chi connectivity index (χ3v) is 7.08. The summed E-state index contributed by atoms with van der Waals surface area (Å²) >= 11 is 5.97. The van der Waals surface area contributed by atoms with Crippen molar-refractivity contribution in [3.63, 3.8) is 0 Å². The van der Waals surface area contributed by atoms with Crippen molar-refractivity contribution in [3.05, 3.63) is 47.5 Å². The van der Waals surface area contributed by atoms with Crippen molar-refractivity contribution in [3.8, 4) is 11.5 Å². The molecule has 11 heteroatoms. The number of rotatable bonds is 12. The minimum absolute atomic E-state index is 0.0333. The van der Waals surface area contributed by atoms with Gasteiger partial charge in [-0.2, -0.15) is 0 Å². The molecule has 5 rings (SSSR count). The zero-order chi connectivity index (χ0) is 26.9. The first-order valence-electron chi connectivity index (χ1n) is 13.5. The number of hydrogen-bond donors (Lipinski definition) is 3. The second-order valence-electron chi connectivity index (χ2n) is 9.73. The van der Waals surface area contributed by atoms with Gasteiger partial charge < -0.3 is 34.9 Å². The van der Waals surface area contributed by atoms with Gasteiger partial charge in [-0.05, 0) is 49.9 Å². The van der Waals surface area contributed by atoms with Crippen LogP contribution in [-0.2, 0) is 9.47 Å². The molecule has 0 bridgehead atoms. The Balaban J connectivity index is 1.29. The number of morpholine rings is 2. The summed E-state index contributed by atoms with van der Waals surface area (Å²) in [5, 5.41) is 11.0. The third-order valence-electron chi connectivity index (χ3n) is 6.79. The molecule has 3 heterocycles. The molecule has 3 aromatic rings. The molecule has 0 amide bonds. The van der Waals surface area contributed by atoms with Crippen molar-refractivity contribution in [2.75, 3.05) is 58.0 Å². The van der Waals surface area contributed by atoms with E-state index in [1.165, 1.54) is 18.5 Å². The smallest absolute Gasteiger partial charge is 0.163 e. The Hall–Kier alpha value is -2.76. The molecule has 0 spiro atoms. The van der Waals surface area contributed by atoms with E-state index in [2.05, 4.69) is 25.9 Å². The van der Waals surface area contributed by atoms with Crippen molar-refractivity contribution in [2.24, 2.45) is 0 Å². The number of ether oxygens (including phenoxy) is 4.